The summed E-state index contributed by atoms with van der Waals surface area (Å²) in [6, 6.07) is 10.6. The van der Waals surface area contributed by atoms with Crippen LogP contribution in [0, 0.1) is 0 Å². The van der Waals surface area contributed by atoms with Gasteiger partial charge < -0.3 is 19.9 Å². The molecular formula is C20H23N3O5. The Morgan fingerprint density at radius 1 is 1.11 bits per heavy atom. The number of aryl methyl sites for hydroxylation is 1. The Bertz CT molecular complexity index is 838. The molecule has 0 spiro atoms. The lowest BCUT2D eigenvalue weighted by atomic mass is 10.1. The second kappa shape index (κ2) is 9.96. The van der Waals surface area contributed by atoms with E-state index in [1.54, 1.807) is 24.3 Å². The molecule has 0 heterocycles. The highest BCUT2D eigenvalue weighted by atomic mass is 16.5. The van der Waals surface area contributed by atoms with E-state index in [9.17, 15) is 9.59 Å². The number of benzene rings is 2. The topological polar surface area (TPSA) is 112 Å². The minimum atomic E-state index is -0.621. The predicted octanol–water partition coefficient (Wildman–Crippen LogP) is 1.89. The van der Waals surface area contributed by atoms with Crippen molar-refractivity contribution in [2.45, 2.75) is 13.3 Å². The number of amides is 2. The molecule has 2 aromatic carbocycles. The Morgan fingerprint density at radius 2 is 1.71 bits per heavy atom. The number of hydrogen-bond donors (Lipinski definition) is 2. The third-order valence-corrected chi connectivity index (χ3v) is 3.85. The number of ether oxygens (including phenoxy) is 3. The van der Waals surface area contributed by atoms with E-state index in [0.29, 0.717) is 22.6 Å². The summed E-state index contributed by atoms with van der Waals surface area (Å²) in [5.74, 6) is -0.0169. The number of nitrogens with one attached hydrogen (secondary N) is 1. The molecule has 0 saturated carbocycles. The van der Waals surface area contributed by atoms with Gasteiger partial charge in [-0.25, -0.2) is 5.43 Å². The summed E-state index contributed by atoms with van der Waals surface area (Å²) < 4.78 is 15.9. The molecule has 8 heteroatoms. The summed E-state index contributed by atoms with van der Waals surface area (Å²) >= 11 is 0. The van der Waals surface area contributed by atoms with Crippen LogP contribution in [-0.2, 0) is 11.2 Å². The van der Waals surface area contributed by atoms with Crippen LogP contribution < -0.4 is 25.4 Å². The number of carbonyl (C=O) groups excluding carboxylic acids is 2. The Hall–Kier alpha value is -3.55. The van der Waals surface area contributed by atoms with E-state index in [1.165, 1.54) is 20.4 Å². The maximum Gasteiger partial charge on any atom is 0.271 e. The molecule has 3 N–H and O–H groups in total. The monoisotopic (exact) mass is 385 g/mol. The molecule has 8 nitrogen and oxygen atoms in total. The lowest BCUT2D eigenvalue weighted by Crippen LogP contribution is -2.20. The van der Waals surface area contributed by atoms with Crippen LogP contribution in [-0.4, -0.2) is 38.9 Å². The van der Waals surface area contributed by atoms with Gasteiger partial charge in [-0.05, 0) is 36.2 Å². The smallest absolute Gasteiger partial charge is 0.271 e. The fourth-order valence-corrected chi connectivity index (χ4v) is 2.38. The highest BCUT2D eigenvalue weighted by Crippen LogP contribution is 2.38. The molecule has 2 amide bonds. The zero-order valence-electron chi connectivity index (χ0n) is 16.0. The molecule has 0 aliphatic rings. The van der Waals surface area contributed by atoms with Gasteiger partial charge >= 0.3 is 0 Å². The van der Waals surface area contributed by atoms with Crippen molar-refractivity contribution < 1.29 is 23.8 Å². The molecule has 0 unspecified atom stereocenters. The molecule has 2 rings (SSSR count). The molecule has 0 aliphatic heterocycles. The third-order valence-electron chi connectivity index (χ3n) is 3.85. The Labute approximate surface area is 163 Å². The third kappa shape index (κ3) is 5.47. The average molecular weight is 385 g/mol. The molecular weight excluding hydrogens is 362 g/mol. The van der Waals surface area contributed by atoms with Gasteiger partial charge in [-0.2, -0.15) is 5.10 Å². The first-order valence-electron chi connectivity index (χ1n) is 8.58. The molecule has 0 radical (unpaired) electrons. The van der Waals surface area contributed by atoms with Gasteiger partial charge in [-0.3, -0.25) is 9.59 Å². The van der Waals surface area contributed by atoms with E-state index in [4.69, 9.17) is 19.9 Å². The predicted molar refractivity (Wildman–Crippen MR) is 105 cm³/mol. The fraction of sp³-hybridized carbons (Fsp3) is 0.250. The molecule has 2 aromatic rings. The first kappa shape index (κ1) is 20.8. The van der Waals surface area contributed by atoms with Gasteiger partial charge in [0.05, 0.1) is 20.4 Å². The second-order valence-electron chi connectivity index (χ2n) is 5.76. The van der Waals surface area contributed by atoms with Crippen LogP contribution in [0.2, 0.25) is 0 Å². The summed E-state index contributed by atoms with van der Waals surface area (Å²) in [6.07, 6.45) is 2.35. The van der Waals surface area contributed by atoms with Crippen molar-refractivity contribution in [3.05, 3.63) is 53.1 Å². The van der Waals surface area contributed by atoms with Crippen LogP contribution in [0.4, 0.5) is 0 Å². The number of hydrazone groups is 1. The van der Waals surface area contributed by atoms with Crippen molar-refractivity contribution in [1.29, 1.82) is 0 Å². The quantitative estimate of drug-likeness (QED) is 0.506. The molecule has 0 aromatic heterocycles. The SMILES string of the molecule is CCc1ccc(C(=O)N/N=C\c2cc(OC)c(OCC(N)=O)c(OC)c2)cc1. The largest absolute Gasteiger partial charge is 0.493 e. The molecule has 0 bridgehead atoms. The van der Waals surface area contributed by atoms with E-state index in [1.807, 2.05) is 19.1 Å². The first-order chi connectivity index (χ1) is 13.5. The van der Waals surface area contributed by atoms with Gasteiger partial charge in [0, 0.05) is 11.1 Å². The van der Waals surface area contributed by atoms with Crippen LogP contribution in [0.1, 0.15) is 28.4 Å². The molecule has 28 heavy (non-hydrogen) atoms. The van der Waals surface area contributed by atoms with Gasteiger partial charge in [0.2, 0.25) is 5.75 Å². The standard InChI is InChI=1S/C20H23N3O5/c1-4-13-5-7-15(8-6-13)20(25)23-22-11-14-9-16(26-2)19(17(10-14)27-3)28-12-18(21)24/h5-11H,4,12H2,1-3H3,(H2,21,24)(H,23,25)/b22-11-. The summed E-state index contributed by atoms with van der Waals surface area (Å²) in [4.78, 5) is 23.1. The number of primary amides is 1. The number of rotatable bonds is 9. The van der Waals surface area contributed by atoms with E-state index in [-0.39, 0.29) is 18.3 Å². The zero-order chi connectivity index (χ0) is 20.5. The Kier molecular flexibility index (Phi) is 7.38. The lowest BCUT2D eigenvalue weighted by molar-refractivity contribution is -0.120. The summed E-state index contributed by atoms with van der Waals surface area (Å²) in [5.41, 5.74) is 9.84. The number of methoxy groups -OCH3 is 2. The van der Waals surface area contributed by atoms with Crippen molar-refractivity contribution >= 4 is 18.0 Å². The van der Waals surface area contributed by atoms with E-state index >= 15 is 0 Å². The Morgan fingerprint density at radius 3 is 2.21 bits per heavy atom. The minimum absolute atomic E-state index is 0.251. The van der Waals surface area contributed by atoms with Crippen molar-refractivity contribution in [2.24, 2.45) is 10.8 Å². The molecule has 0 aliphatic carbocycles. The van der Waals surface area contributed by atoms with Crippen LogP contribution >= 0.6 is 0 Å². The molecule has 0 fully saturated rings. The average Bonchev–Trinajstić information content (AvgIpc) is 2.71. The Balaban J connectivity index is 2.13. The van der Waals surface area contributed by atoms with E-state index in [0.717, 1.165) is 12.0 Å². The zero-order valence-corrected chi connectivity index (χ0v) is 16.0. The number of hydrogen-bond acceptors (Lipinski definition) is 6. The second-order valence-corrected chi connectivity index (χ2v) is 5.76. The molecule has 0 atom stereocenters. The van der Waals surface area contributed by atoms with Gasteiger partial charge in [0.15, 0.2) is 18.1 Å². The summed E-state index contributed by atoms with van der Waals surface area (Å²) in [6.45, 7) is 1.74. The first-order valence-corrected chi connectivity index (χ1v) is 8.58. The number of nitrogens with zero attached hydrogens (tertiary/aromatic N) is 1. The lowest BCUT2D eigenvalue weighted by Gasteiger charge is -2.14. The number of carbonyl (C=O) groups is 2. The van der Waals surface area contributed by atoms with Gasteiger partial charge in [-0.15, -0.1) is 0 Å². The van der Waals surface area contributed by atoms with Crippen LogP contribution in [0.25, 0.3) is 0 Å². The van der Waals surface area contributed by atoms with Crippen LogP contribution in [0.15, 0.2) is 41.5 Å². The fourth-order valence-electron chi connectivity index (χ4n) is 2.38. The highest BCUT2D eigenvalue weighted by Gasteiger charge is 2.14. The van der Waals surface area contributed by atoms with Crippen molar-refractivity contribution in [3.63, 3.8) is 0 Å². The van der Waals surface area contributed by atoms with Crippen molar-refractivity contribution in [2.75, 3.05) is 20.8 Å². The van der Waals surface area contributed by atoms with Crippen molar-refractivity contribution in [1.82, 2.24) is 5.43 Å². The molecule has 148 valence electrons. The molecule has 0 saturated heterocycles. The summed E-state index contributed by atoms with van der Waals surface area (Å²) in [7, 11) is 2.91. The van der Waals surface area contributed by atoms with E-state index < -0.39 is 5.91 Å². The number of nitrogens with two attached hydrogens (primary N) is 1. The summed E-state index contributed by atoms with van der Waals surface area (Å²) in [5, 5.41) is 3.96. The minimum Gasteiger partial charge on any atom is -0.493 e. The van der Waals surface area contributed by atoms with Gasteiger partial charge in [0.1, 0.15) is 0 Å². The highest BCUT2D eigenvalue weighted by molar-refractivity contribution is 5.95. The maximum atomic E-state index is 12.1. The van der Waals surface area contributed by atoms with Crippen LogP contribution in [0.3, 0.4) is 0 Å². The maximum absolute atomic E-state index is 12.1. The normalized spacial score (nSPS) is 10.5. The van der Waals surface area contributed by atoms with Crippen LogP contribution in [0.5, 0.6) is 17.2 Å². The van der Waals surface area contributed by atoms with Crippen molar-refractivity contribution in [3.8, 4) is 17.2 Å². The van der Waals surface area contributed by atoms with Gasteiger partial charge in [0.25, 0.3) is 11.8 Å². The van der Waals surface area contributed by atoms with E-state index in [2.05, 4.69) is 10.5 Å². The van der Waals surface area contributed by atoms with Gasteiger partial charge in [-0.1, -0.05) is 19.1 Å².